The normalized spacial score (nSPS) is 12.4. The molecule has 0 fully saturated rings. The lowest BCUT2D eigenvalue weighted by Crippen LogP contribution is -2.53. The van der Waals surface area contributed by atoms with Gasteiger partial charge in [-0.1, -0.05) is 60.7 Å². The second-order valence-corrected chi connectivity index (χ2v) is 7.35. The molecule has 0 heterocycles. The minimum atomic E-state index is -1.16. The van der Waals surface area contributed by atoms with Crippen LogP contribution in [0.25, 0.3) is 0 Å². The van der Waals surface area contributed by atoms with E-state index < -0.39 is 29.9 Å². The van der Waals surface area contributed by atoms with Crippen molar-refractivity contribution in [3.05, 3.63) is 102 Å². The lowest BCUT2D eigenvalue weighted by molar-refractivity contribution is -0.142. The molecule has 7 nitrogen and oxygen atoms in total. The van der Waals surface area contributed by atoms with Crippen LogP contribution in [-0.2, 0) is 22.4 Å². The summed E-state index contributed by atoms with van der Waals surface area (Å²) in [6.45, 7) is 0. The van der Waals surface area contributed by atoms with Crippen LogP contribution in [0.5, 0.6) is 5.75 Å². The highest BCUT2D eigenvalue weighted by atomic mass is 16.4. The molecule has 0 aromatic heterocycles. The summed E-state index contributed by atoms with van der Waals surface area (Å²) in [7, 11) is 0. The molecule has 0 unspecified atom stereocenters. The van der Waals surface area contributed by atoms with Crippen molar-refractivity contribution in [2.45, 2.75) is 24.9 Å². The molecule has 0 radical (unpaired) electrons. The third-order valence-corrected chi connectivity index (χ3v) is 4.93. The number of phenolic OH excluding ortho intramolecular Hbond substituents is 1. The van der Waals surface area contributed by atoms with E-state index in [2.05, 4.69) is 10.6 Å². The number of hydrogen-bond donors (Lipinski definition) is 4. The van der Waals surface area contributed by atoms with Crippen molar-refractivity contribution >= 4 is 17.8 Å². The molecule has 0 spiro atoms. The summed E-state index contributed by atoms with van der Waals surface area (Å²) < 4.78 is 0. The van der Waals surface area contributed by atoms with Crippen LogP contribution in [0.15, 0.2) is 84.9 Å². The Morgan fingerprint density at radius 2 is 1.19 bits per heavy atom. The van der Waals surface area contributed by atoms with Crippen molar-refractivity contribution in [3.63, 3.8) is 0 Å². The first kappa shape index (κ1) is 22.6. The number of nitrogens with one attached hydrogen (secondary N) is 2. The van der Waals surface area contributed by atoms with Crippen molar-refractivity contribution in [1.29, 1.82) is 0 Å². The largest absolute Gasteiger partial charge is 0.508 e. The average molecular weight is 432 g/mol. The number of phenols is 1. The van der Waals surface area contributed by atoms with E-state index in [0.717, 1.165) is 11.1 Å². The molecule has 0 aliphatic carbocycles. The Labute approximate surface area is 185 Å². The van der Waals surface area contributed by atoms with Gasteiger partial charge in [0.15, 0.2) is 0 Å². The SMILES string of the molecule is O=C(N[C@@H](Cc1ccccc1)C(=O)N[C@@H](Cc1ccccc1)C(=O)O)c1ccc(O)cc1. The van der Waals surface area contributed by atoms with Crippen LogP contribution < -0.4 is 10.6 Å². The van der Waals surface area contributed by atoms with E-state index in [1.807, 2.05) is 36.4 Å². The fourth-order valence-corrected chi connectivity index (χ4v) is 3.24. The number of benzene rings is 3. The van der Waals surface area contributed by atoms with Crippen LogP contribution in [0.2, 0.25) is 0 Å². The van der Waals surface area contributed by atoms with Crippen LogP contribution in [0.3, 0.4) is 0 Å². The summed E-state index contributed by atoms with van der Waals surface area (Å²) in [6.07, 6.45) is 0.306. The zero-order valence-electron chi connectivity index (χ0n) is 17.3. The number of carbonyl (C=O) groups is 3. The number of carbonyl (C=O) groups excluding carboxylic acids is 2. The van der Waals surface area contributed by atoms with Crippen LogP contribution in [-0.4, -0.2) is 40.1 Å². The van der Waals surface area contributed by atoms with Crippen LogP contribution in [0.1, 0.15) is 21.5 Å². The predicted molar refractivity (Wildman–Crippen MR) is 119 cm³/mol. The minimum absolute atomic E-state index is 0.0188. The molecule has 3 aromatic carbocycles. The monoisotopic (exact) mass is 432 g/mol. The van der Waals surface area contributed by atoms with E-state index >= 15 is 0 Å². The molecule has 0 saturated heterocycles. The molecule has 32 heavy (non-hydrogen) atoms. The maximum Gasteiger partial charge on any atom is 0.326 e. The Morgan fingerprint density at radius 1 is 0.688 bits per heavy atom. The standard InChI is InChI=1S/C25H24N2O5/c28-20-13-11-19(12-14-20)23(29)26-21(15-17-7-3-1-4-8-17)24(30)27-22(25(31)32)16-18-9-5-2-6-10-18/h1-14,21-22,28H,15-16H2,(H,26,29)(H,27,30)(H,31,32)/t21-,22-/m0/s1. The second-order valence-electron chi connectivity index (χ2n) is 7.35. The Kier molecular flexibility index (Phi) is 7.59. The number of carboxylic acid groups (broad SMARTS) is 1. The molecule has 164 valence electrons. The van der Waals surface area contributed by atoms with Gasteiger partial charge in [0.25, 0.3) is 5.91 Å². The number of hydrogen-bond acceptors (Lipinski definition) is 4. The number of amides is 2. The van der Waals surface area contributed by atoms with Gasteiger partial charge in [0.1, 0.15) is 17.8 Å². The molecule has 0 aliphatic rings. The summed E-state index contributed by atoms with van der Waals surface area (Å²) in [4.78, 5) is 37.5. The Morgan fingerprint density at radius 3 is 1.69 bits per heavy atom. The molecule has 4 N–H and O–H groups in total. The number of aromatic hydroxyl groups is 1. The summed E-state index contributed by atoms with van der Waals surface area (Å²) >= 11 is 0. The van der Waals surface area contributed by atoms with Gasteiger partial charge in [-0.25, -0.2) is 4.79 Å². The molecular weight excluding hydrogens is 408 g/mol. The van der Waals surface area contributed by atoms with Gasteiger partial charge in [-0.15, -0.1) is 0 Å². The van der Waals surface area contributed by atoms with E-state index in [1.54, 1.807) is 24.3 Å². The number of carboxylic acids is 1. The summed E-state index contributed by atoms with van der Waals surface area (Å²) in [5.41, 5.74) is 1.86. The van der Waals surface area contributed by atoms with Crippen LogP contribution in [0, 0.1) is 0 Å². The smallest absolute Gasteiger partial charge is 0.326 e. The second kappa shape index (κ2) is 10.8. The first-order valence-electron chi connectivity index (χ1n) is 10.1. The lowest BCUT2D eigenvalue weighted by Gasteiger charge is -2.22. The topological polar surface area (TPSA) is 116 Å². The fourth-order valence-electron chi connectivity index (χ4n) is 3.24. The van der Waals surface area contributed by atoms with Gasteiger partial charge in [-0.05, 0) is 35.4 Å². The summed E-state index contributed by atoms with van der Waals surface area (Å²) in [6, 6.07) is 21.6. The Balaban J connectivity index is 1.77. The molecular formula is C25H24N2O5. The third-order valence-electron chi connectivity index (χ3n) is 4.93. The van der Waals surface area contributed by atoms with Crippen molar-refractivity contribution < 1.29 is 24.6 Å². The van der Waals surface area contributed by atoms with Crippen LogP contribution >= 0.6 is 0 Å². The average Bonchev–Trinajstić information content (AvgIpc) is 2.80. The molecule has 0 bridgehead atoms. The quantitative estimate of drug-likeness (QED) is 0.415. The zero-order valence-corrected chi connectivity index (χ0v) is 17.3. The molecule has 2 amide bonds. The van der Waals surface area contributed by atoms with Gasteiger partial charge in [0.05, 0.1) is 0 Å². The summed E-state index contributed by atoms with van der Waals surface area (Å²) in [5, 5.41) is 24.3. The molecule has 3 aromatic rings. The molecule has 3 rings (SSSR count). The minimum Gasteiger partial charge on any atom is -0.508 e. The number of rotatable bonds is 9. The van der Waals surface area contributed by atoms with E-state index in [9.17, 15) is 24.6 Å². The predicted octanol–water partition coefficient (Wildman–Crippen LogP) is 2.55. The van der Waals surface area contributed by atoms with Gasteiger partial charge in [-0.2, -0.15) is 0 Å². The number of aliphatic carboxylic acids is 1. The zero-order chi connectivity index (χ0) is 22.9. The fraction of sp³-hybridized carbons (Fsp3) is 0.160. The van der Waals surface area contributed by atoms with Gasteiger partial charge in [-0.3, -0.25) is 9.59 Å². The first-order valence-corrected chi connectivity index (χ1v) is 10.1. The molecule has 2 atom stereocenters. The van der Waals surface area contributed by atoms with Gasteiger partial charge < -0.3 is 20.8 Å². The van der Waals surface area contributed by atoms with Crippen molar-refractivity contribution in [2.24, 2.45) is 0 Å². The maximum absolute atomic E-state index is 13.0. The molecule has 0 saturated carbocycles. The van der Waals surface area contributed by atoms with Gasteiger partial charge >= 0.3 is 5.97 Å². The highest BCUT2D eigenvalue weighted by Gasteiger charge is 2.27. The lowest BCUT2D eigenvalue weighted by atomic mass is 10.0. The van der Waals surface area contributed by atoms with Crippen molar-refractivity contribution in [1.82, 2.24) is 10.6 Å². The Bertz CT molecular complexity index is 1050. The highest BCUT2D eigenvalue weighted by molar-refractivity contribution is 5.98. The van der Waals surface area contributed by atoms with Gasteiger partial charge in [0.2, 0.25) is 5.91 Å². The van der Waals surface area contributed by atoms with E-state index in [1.165, 1.54) is 24.3 Å². The van der Waals surface area contributed by atoms with E-state index in [4.69, 9.17) is 0 Å². The van der Waals surface area contributed by atoms with Crippen molar-refractivity contribution in [2.75, 3.05) is 0 Å². The Hall–Kier alpha value is -4.13. The molecule has 0 aliphatic heterocycles. The maximum atomic E-state index is 13.0. The highest BCUT2D eigenvalue weighted by Crippen LogP contribution is 2.11. The van der Waals surface area contributed by atoms with E-state index in [0.29, 0.717) is 0 Å². The van der Waals surface area contributed by atoms with Crippen LogP contribution in [0.4, 0.5) is 0 Å². The summed E-state index contributed by atoms with van der Waals surface area (Å²) in [5.74, 6) is -2.24. The van der Waals surface area contributed by atoms with Crippen molar-refractivity contribution in [3.8, 4) is 5.75 Å². The molecule has 7 heteroatoms. The third kappa shape index (κ3) is 6.43. The van der Waals surface area contributed by atoms with Gasteiger partial charge in [0, 0.05) is 18.4 Å². The first-order chi connectivity index (χ1) is 15.4. The van der Waals surface area contributed by atoms with E-state index in [-0.39, 0.29) is 24.2 Å².